The molecule has 2 N–H and O–H groups in total. The lowest BCUT2D eigenvalue weighted by Crippen LogP contribution is -2.38. The van der Waals surface area contributed by atoms with Crippen LogP contribution in [0.5, 0.6) is 0 Å². The SMILES string of the molecule is Cc1ccc(N(CC(=O)Nc2ccc(S(=O)(=O)Nc3ccc(Br)cc3)cc2)S(=O)(=O)c2ccccc2)cc1. The summed E-state index contributed by atoms with van der Waals surface area (Å²) in [7, 11) is -7.88. The van der Waals surface area contributed by atoms with Gasteiger partial charge in [-0.1, -0.05) is 51.8 Å². The molecule has 0 aromatic heterocycles. The van der Waals surface area contributed by atoms with E-state index < -0.39 is 32.5 Å². The van der Waals surface area contributed by atoms with Gasteiger partial charge in [-0.3, -0.25) is 13.8 Å². The molecule has 0 saturated carbocycles. The zero-order valence-corrected chi connectivity index (χ0v) is 23.4. The Labute approximate surface area is 230 Å². The van der Waals surface area contributed by atoms with Gasteiger partial charge in [-0.15, -0.1) is 0 Å². The van der Waals surface area contributed by atoms with E-state index in [1.54, 1.807) is 66.7 Å². The standard InChI is InChI=1S/C27H24BrN3O5S2/c1-20-7-15-24(16-8-20)31(38(35,36)26-5-3-2-4-6-26)19-27(32)29-22-13-17-25(18-14-22)37(33,34)30-23-11-9-21(28)10-12-23/h2-18,30H,19H2,1H3,(H,29,32). The number of hydrogen-bond acceptors (Lipinski definition) is 5. The molecule has 1 amide bonds. The minimum absolute atomic E-state index is 0.00588. The van der Waals surface area contributed by atoms with Crippen molar-refractivity contribution in [3.8, 4) is 0 Å². The summed E-state index contributed by atoms with van der Waals surface area (Å²) in [4.78, 5) is 13.0. The van der Waals surface area contributed by atoms with E-state index in [-0.39, 0.29) is 9.79 Å². The molecule has 4 aromatic carbocycles. The van der Waals surface area contributed by atoms with E-state index in [1.807, 2.05) is 6.92 Å². The normalized spacial score (nSPS) is 11.5. The summed E-state index contributed by atoms with van der Waals surface area (Å²) in [5, 5.41) is 2.65. The summed E-state index contributed by atoms with van der Waals surface area (Å²) in [5.41, 5.74) is 2.01. The summed E-state index contributed by atoms with van der Waals surface area (Å²) in [6, 6.07) is 27.0. The maximum atomic E-state index is 13.4. The van der Waals surface area contributed by atoms with E-state index >= 15 is 0 Å². The van der Waals surface area contributed by atoms with Gasteiger partial charge in [0.25, 0.3) is 20.0 Å². The molecule has 0 saturated heterocycles. The van der Waals surface area contributed by atoms with Gasteiger partial charge in [-0.05, 0) is 79.7 Å². The molecule has 0 fully saturated rings. The number of nitrogens with one attached hydrogen (secondary N) is 2. The van der Waals surface area contributed by atoms with Crippen LogP contribution in [0.4, 0.5) is 17.1 Å². The topological polar surface area (TPSA) is 113 Å². The Morgan fingerprint density at radius 2 is 1.32 bits per heavy atom. The average Bonchev–Trinajstić information content (AvgIpc) is 2.90. The average molecular weight is 615 g/mol. The maximum absolute atomic E-state index is 13.4. The van der Waals surface area contributed by atoms with E-state index in [2.05, 4.69) is 26.0 Å². The third-order valence-corrected chi connectivity index (χ3v) is 9.20. The van der Waals surface area contributed by atoms with Gasteiger partial charge in [-0.2, -0.15) is 0 Å². The highest BCUT2D eigenvalue weighted by molar-refractivity contribution is 9.10. The second-order valence-electron chi connectivity index (χ2n) is 8.35. The second kappa shape index (κ2) is 11.4. The number of anilines is 3. The molecule has 0 bridgehead atoms. The summed E-state index contributed by atoms with van der Waals surface area (Å²) in [6.07, 6.45) is 0. The van der Waals surface area contributed by atoms with Gasteiger partial charge in [0.1, 0.15) is 6.54 Å². The summed E-state index contributed by atoms with van der Waals surface area (Å²) >= 11 is 3.30. The molecular formula is C27H24BrN3O5S2. The van der Waals surface area contributed by atoms with Gasteiger partial charge in [0.05, 0.1) is 15.5 Å². The molecule has 11 heteroatoms. The predicted molar refractivity (Wildman–Crippen MR) is 152 cm³/mol. The number of hydrogen-bond donors (Lipinski definition) is 2. The third kappa shape index (κ3) is 6.60. The Balaban J connectivity index is 1.51. The first-order valence-corrected chi connectivity index (χ1v) is 15.1. The Morgan fingerprint density at radius 3 is 1.92 bits per heavy atom. The highest BCUT2D eigenvalue weighted by Crippen LogP contribution is 2.25. The lowest BCUT2D eigenvalue weighted by Gasteiger charge is -2.24. The van der Waals surface area contributed by atoms with E-state index in [0.29, 0.717) is 17.1 Å². The minimum Gasteiger partial charge on any atom is -0.325 e. The molecule has 0 atom stereocenters. The van der Waals surface area contributed by atoms with Gasteiger partial charge >= 0.3 is 0 Å². The van der Waals surface area contributed by atoms with Crippen molar-refractivity contribution in [1.29, 1.82) is 0 Å². The quantitative estimate of drug-likeness (QED) is 0.263. The lowest BCUT2D eigenvalue weighted by molar-refractivity contribution is -0.114. The maximum Gasteiger partial charge on any atom is 0.264 e. The number of rotatable bonds is 9. The first-order valence-electron chi connectivity index (χ1n) is 11.4. The summed E-state index contributed by atoms with van der Waals surface area (Å²) in [5.74, 6) is -0.589. The molecule has 0 aliphatic carbocycles. The summed E-state index contributed by atoms with van der Waals surface area (Å²) in [6.45, 7) is 1.40. The van der Waals surface area contributed by atoms with Crippen LogP contribution in [0.15, 0.2) is 117 Å². The van der Waals surface area contributed by atoms with Gasteiger partial charge in [0, 0.05) is 15.8 Å². The molecule has 0 aliphatic rings. The minimum atomic E-state index is -4.03. The van der Waals surface area contributed by atoms with Crippen LogP contribution in [-0.4, -0.2) is 29.3 Å². The largest absolute Gasteiger partial charge is 0.325 e. The number of sulfonamides is 2. The highest BCUT2D eigenvalue weighted by Gasteiger charge is 2.27. The van der Waals surface area contributed by atoms with E-state index in [0.717, 1.165) is 14.3 Å². The zero-order chi connectivity index (χ0) is 27.3. The van der Waals surface area contributed by atoms with Crippen molar-refractivity contribution in [2.75, 3.05) is 20.9 Å². The van der Waals surface area contributed by atoms with Crippen molar-refractivity contribution in [2.45, 2.75) is 16.7 Å². The van der Waals surface area contributed by atoms with Crippen LogP contribution in [0.2, 0.25) is 0 Å². The fourth-order valence-corrected chi connectivity index (χ4v) is 6.29. The van der Waals surface area contributed by atoms with Crippen molar-refractivity contribution >= 4 is 58.9 Å². The molecule has 0 unspecified atom stereocenters. The van der Waals surface area contributed by atoms with Crippen LogP contribution in [0.1, 0.15) is 5.56 Å². The number of carbonyl (C=O) groups is 1. The first-order chi connectivity index (χ1) is 18.0. The Bertz CT molecular complexity index is 1630. The molecule has 0 aliphatic heterocycles. The van der Waals surface area contributed by atoms with Crippen LogP contribution in [0.3, 0.4) is 0 Å². The van der Waals surface area contributed by atoms with Crippen LogP contribution >= 0.6 is 15.9 Å². The molecule has 0 radical (unpaired) electrons. The molecule has 0 spiro atoms. The lowest BCUT2D eigenvalue weighted by atomic mass is 10.2. The van der Waals surface area contributed by atoms with Crippen LogP contribution in [0.25, 0.3) is 0 Å². The number of halogens is 1. The van der Waals surface area contributed by atoms with E-state index in [9.17, 15) is 21.6 Å². The van der Waals surface area contributed by atoms with Crippen molar-refractivity contribution in [1.82, 2.24) is 0 Å². The van der Waals surface area contributed by atoms with Gasteiger partial charge in [0.15, 0.2) is 0 Å². The van der Waals surface area contributed by atoms with Crippen molar-refractivity contribution in [3.05, 3.63) is 113 Å². The molecule has 0 heterocycles. The molecule has 8 nitrogen and oxygen atoms in total. The van der Waals surface area contributed by atoms with Gasteiger partial charge in [0.2, 0.25) is 5.91 Å². The zero-order valence-electron chi connectivity index (χ0n) is 20.2. The Hall–Kier alpha value is -3.67. The highest BCUT2D eigenvalue weighted by atomic mass is 79.9. The monoisotopic (exact) mass is 613 g/mol. The molecular weight excluding hydrogens is 590 g/mol. The van der Waals surface area contributed by atoms with Crippen LogP contribution in [-0.2, 0) is 24.8 Å². The van der Waals surface area contributed by atoms with E-state index in [1.165, 1.54) is 36.4 Å². The van der Waals surface area contributed by atoms with Gasteiger partial charge in [-0.25, -0.2) is 16.8 Å². The summed E-state index contributed by atoms with van der Waals surface area (Å²) < 4.78 is 56.6. The Morgan fingerprint density at radius 1 is 0.737 bits per heavy atom. The predicted octanol–water partition coefficient (Wildman–Crippen LogP) is 5.39. The molecule has 196 valence electrons. The third-order valence-electron chi connectivity index (χ3n) is 5.49. The second-order valence-corrected chi connectivity index (χ2v) is 12.8. The number of benzene rings is 4. The number of nitrogens with zero attached hydrogens (tertiary/aromatic N) is 1. The van der Waals surface area contributed by atoms with Crippen LogP contribution in [0, 0.1) is 6.92 Å². The van der Waals surface area contributed by atoms with Crippen molar-refractivity contribution in [2.24, 2.45) is 0 Å². The number of aryl methyl sites for hydroxylation is 1. The van der Waals surface area contributed by atoms with Crippen molar-refractivity contribution < 1.29 is 21.6 Å². The number of carbonyl (C=O) groups excluding carboxylic acids is 1. The molecule has 4 aromatic rings. The van der Waals surface area contributed by atoms with Crippen LogP contribution < -0.4 is 14.3 Å². The molecule has 38 heavy (non-hydrogen) atoms. The van der Waals surface area contributed by atoms with Crippen molar-refractivity contribution in [3.63, 3.8) is 0 Å². The fourth-order valence-electron chi connectivity index (χ4n) is 3.53. The Kier molecular flexibility index (Phi) is 8.20. The number of amides is 1. The smallest absolute Gasteiger partial charge is 0.264 e. The van der Waals surface area contributed by atoms with Gasteiger partial charge < -0.3 is 5.32 Å². The molecule has 4 rings (SSSR count). The van der Waals surface area contributed by atoms with E-state index in [4.69, 9.17) is 0 Å². The fraction of sp³-hybridized carbons (Fsp3) is 0.0741. The first kappa shape index (κ1) is 27.4.